The van der Waals surface area contributed by atoms with Crippen molar-refractivity contribution in [3.63, 3.8) is 0 Å². The second kappa shape index (κ2) is 2.94. The molecule has 0 spiro atoms. The van der Waals surface area contributed by atoms with Crippen molar-refractivity contribution in [2.24, 2.45) is 4.99 Å². The van der Waals surface area contributed by atoms with Gasteiger partial charge < -0.3 is 0 Å². The van der Waals surface area contributed by atoms with Gasteiger partial charge in [-0.2, -0.15) is 0 Å². The Morgan fingerprint density at radius 3 is 2.62 bits per heavy atom. The van der Waals surface area contributed by atoms with Crippen molar-refractivity contribution in [3.05, 3.63) is 36.3 Å². The average molecular weight is 174 g/mol. The number of halogens is 1. The molecule has 2 aromatic rings. The zero-order valence-corrected chi connectivity index (χ0v) is 6.87. The molecule has 1 aromatic carbocycles. The highest BCUT2D eigenvalue weighted by atomic mass is 19.1. The summed E-state index contributed by atoms with van der Waals surface area (Å²) in [4.78, 5) is 7.53. The molecule has 0 aliphatic carbocycles. The van der Waals surface area contributed by atoms with E-state index in [-0.39, 0.29) is 5.82 Å². The summed E-state index contributed by atoms with van der Waals surface area (Å²) in [6.45, 7) is 3.38. The first-order valence-corrected chi connectivity index (χ1v) is 3.83. The molecule has 2 rings (SSSR count). The second-order valence-electron chi connectivity index (χ2n) is 2.63. The Kier molecular flexibility index (Phi) is 1.77. The van der Waals surface area contributed by atoms with Crippen LogP contribution in [0.4, 0.5) is 10.2 Å². The minimum Gasteiger partial charge on any atom is -0.245 e. The summed E-state index contributed by atoms with van der Waals surface area (Å²) >= 11 is 0. The number of hydrogen-bond donors (Lipinski definition) is 0. The van der Waals surface area contributed by atoms with Gasteiger partial charge in [0.25, 0.3) is 0 Å². The number of nitrogens with zero attached hydrogens (tertiary/aromatic N) is 2. The average Bonchev–Trinajstić information content (AvgIpc) is 2.19. The third-order valence-corrected chi connectivity index (χ3v) is 1.88. The highest BCUT2D eigenvalue weighted by molar-refractivity contribution is 5.91. The maximum Gasteiger partial charge on any atom is 0.159 e. The monoisotopic (exact) mass is 174 g/mol. The molecule has 3 heteroatoms. The molecular weight excluding hydrogens is 167 g/mol. The summed E-state index contributed by atoms with van der Waals surface area (Å²) in [7, 11) is 0. The van der Waals surface area contributed by atoms with Crippen LogP contribution in [0.15, 0.2) is 35.5 Å². The highest BCUT2D eigenvalue weighted by Crippen LogP contribution is 2.24. The Morgan fingerprint density at radius 1 is 1.23 bits per heavy atom. The van der Waals surface area contributed by atoms with Crippen LogP contribution in [0.2, 0.25) is 0 Å². The quantitative estimate of drug-likeness (QED) is 0.610. The third-order valence-electron chi connectivity index (χ3n) is 1.88. The Hall–Kier alpha value is -1.77. The standard InChI is InChI=1S/C10H7FN2/c1-12-10-8-5-3-2-4-7(8)9(11)6-13-10/h2-6H,1H2. The van der Waals surface area contributed by atoms with E-state index in [1.807, 2.05) is 6.07 Å². The fourth-order valence-electron chi connectivity index (χ4n) is 1.27. The molecule has 1 aromatic heterocycles. The zero-order chi connectivity index (χ0) is 9.26. The van der Waals surface area contributed by atoms with Crippen LogP contribution in [-0.4, -0.2) is 11.7 Å². The largest absolute Gasteiger partial charge is 0.245 e. The first-order valence-electron chi connectivity index (χ1n) is 3.83. The van der Waals surface area contributed by atoms with Gasteiger partial charge in [0.05, 0.1) is 6.20 Å². The smallest absolute Gasteiger partial charge is 0.159 e. The molecule has 0 bridgehead atoms. The van der Waals surface area contributed by atoms with Gasteiger partial charge >= 0.3 is 0 Å². The van der Waals surface area contributed by atoms with Gasteiger partial charge in [0.1, 0.15) is 5.82 Å². The van der Waals surface area contributed by atoms with Gasteiger partial charge in [-0.3, -0.25) is 0 Å². The molecule has 0 N–H and O–H groups in total. The van der Waals surface area contributed by atoms with E-state index in [2.05, 4.69) is 16.7 Å². The number of rotatable bonds is 1. The van der Waals surface area contributed by atoms with Crippen molar-refractivity contribution in [1.29, 1.82) is 0 Å². The van der Waals surface area contributed by atoms with Crippen LogP contribution in [0.3, 0.4) is 0 Å². The Bertz CT molecular complexity index is 465. The fraction of sp³-hybridized carbons (Fsp3) is 0. The zero-order valence-electron chi connectivity index (χ0n) is 6.87. The van der Waals surface area contributed by atoms with Crippen LogP contribution in [0.5, 0.6) is 0 Å². The molecule has 0 saturated carbocycles. The molecule has 64 valence electrons. The van der Waals surface area contributed by atoms with Gasteiger partial charge in [-0.25, -0.2) is 14.4 Å². The van der Waals surface area contributed by atoms with E-state index in [9.17, 15) is 4.39 Å². The normalized spacial score (nSPS) is 10.2. The first-order chi connectivity index (χ1) is 6.33. The van der Waals surface area contributed by atoms with E-state index in [1.165, 1.54) is 0 Å². The van der Waals surface area contributed by atoms with Gasteiger partial charge in [0.15, 0.2) is 5.82 Å². The second-order valence-corrected chi connectivity index (χ2v) is 2.63. The Morgan fingerprint density at radius 2 is 1.92 bits per heavy atom. The number of aromatic nitrogens is 1. The number of benzene rings is 1. The van der Waals surface area contributed by atoms with Crippen LogP contribution < -0.4 is 0 Å². The minimum atomic E-state index is -0.331. The number of fused-ring (bicyclic) bond motifs is 1. The lowest BCUT2D eigenvalue weighted by molar-refractivity contribution is 0.634. The van der Waals surface area contributed by atoms with Crippen molar-refractivity contribution in [2.45, 2.75) is 0 Å². The first kappa shape index (κ1) is 7.86. The predicted molar refractivity (Wildman–Crippen MR) is 50.9 cm³/mol. The summed E-state index contributed by atoms with van der Waals surface area (Å²) < 4.78 is 13.2. The lowest BCUT2D eigenvalue weighted by Crippen LogP contribution is -1.83. The summed E-state index contributed by atoms with van der Waals surface area (Å²) in [5.41, 5.74) is 0. The minimum absolute atomic E-state index is 0.331. The molecule has 1 heterocycles. The molecule has 0 fully saturated rings. The van der Waals surface area contributed by atoms with Crippen molar-refractivity contribution < 1.29 is 4.39 Å². The SMILES string of the molecule is C=Nc1ncc(F)c2ccccc12. The lowest BCUT2D eigenvalue weighted by Gasteiger charge is -2.00. The maximum atomic E-state index is 13.2. The van der Waals surface area contributed by atoms with Crippen molar-refractivity contribution >= 4 is 23.3 Å². The molecule has 0 radical (unpaired) electrons. The molecule has 0 aliphatic rings. The van der Waals surface area contributed by atoms with Gasteiger partial charge in [0, 0.05) is 10.8 Å². The third kappa shape index (κ3) is 1.18. The molecular formula is C10H7FN2. The number of hydrogen-bond acceptors (Lipinski definition) is 2. The summed E-state index contributed by atoms with van der Waals surface area (Å²) in [5.74, 6) is 0.139. The lowest BCUT2D eigenvalue weighted by atomic mass is 10.1. The molecule has 2 nitrogen and oxygen atoms in total. The van der Waals surface area contributed by atoms with E-state index in [0.717, 1.165) is 6.20 Å². The molecule has 0 amide bonds. The van der Waals surface area contributed by atoms with Crippen molar-refractivity contribution in [3.8, 4) is 0 Å². The Labute approximate surface area is 74.8 Å². The molecule has 0 unspecified atom stereocenters. The van der Waals surface area contributed by atoms with Gasteiger partial charge in [-0.1, -0.05) is 24.3 Å². The van der Waals surface area contributed by atoms with Crippen molar-refractivity contribution in [2.75, 3.05) is 0 Å². The van der Waals surface area contributed by atoms with E-state index >= 15 is 0 Å². The predicted octanol–water partition coefficient (Wildman–Crippen LogP) is 2.71. The highest BCUT2D eigenvalue weighted by Gasteiger charge is 2.03. The fourth-order valence-corrected chi connectivity index (χ4v) is 1.27. The van der Waals surface area contributed by atoms with Gasteiger partial charge in [-0.05, 0) is 6.72 Å². The summed E-state index contributed by atoms with van der Waals surface area (Å²) in [6.07, 6.45) is 1.16. The van der Waals surface area contributed by atoms with E-state index in [0.29, 0.717) is 16.6 Å². The van der Waals surface area contributed by atoms with Crippen LogP contribution >= 0.6 is 0 Å². The Balaban J connectivity index is 2.92. The van der Waals surface area contributed by atoms with Crippen LogP contribution in [0, 0.1) is 5.82 Å². The van der Waals surface area contributed by atoms with E-state index < -0.39 is 0 Å². The van der Waals surface area contributed by atoms with E-state index in [4.69, 9.17) is 0 Å². The molecule has 0 atom stereocenters. The topological polar surface area (TPSA) is 25.2 Å². The van der Waals surface area contributed by atoms with E-state index in [1.54, 1.807) is 18.2 Å². The number of pyridine rings is 1. The summed E-state index contributed by atoms with van der Waals surface area (Å²) in [5, 5.41) is 1.22. The van der Waals surface area contributed by atoms with Crippen LogP contribution in [0.25, 0.3) is 10.8 Å². The van der Waals surface area contributed by atoms with Crippen LogP contribution in [0.1, 0.15) is 0 Å². The van der Waals surface area contributed by atoms with Gasteiger partial charge in [-0.15, -0.1) is 0 Å². The summed E-state index contributed by atoms with van der Waals surface area (Å²) in [6, 6.07) is 7.06. The number of aliphatic imine (C=N–C) groups is 1. The van der Waals surface area contributed by atoms with Crippen molar-refractivity contribution in [1.82, 2.24) is 4.98 Å². The van der Waals surface area contributed by atoms with Gasteiger partial charge in [0.2, 0.25) is 0 Å². The molecule has 0 aliphatic heterocycles. The molecule has 0 saturated heterocycles. The van der Waals surface area contributed by atoms with Crippen LogP contribution in [-0.2, 0) is 0 Å². The molecule has 13 heavy (non-hydrogen) atoms. The maximum absolute atomic E-state index is 13.2.